The number of rotatable bonds is 41. The molecule has 0 unspecified atom stereocenters. The Kier molecular flexibility index (Phi) is 32.2. The highest BCUT2D eigenvalue weighted by Crippen LogP contribution is 2.12. The van der Waals surface area contributed by atoms with Crippen LogP contribution >= 0.6 is 0 Å². The summed E-state index contributed by atoms with van der Waals surface area (Å²) in [4.78, 5) is 209. The molecule has 2 aromatic heterocycles. The molecule has 37 heteroatoms. The Hall–Kier alpha value is -9.65. The van der Waals surface area contributed by atoms with E-state index < -0.39 is 207 Å². The van der Waals surface area contributed by atoms with Gasteiger partial charge in [0.05, 0.1) is 51.3 Å². The fourth-order valence-corrected chi connectivity index (χ4v) is 8.17. The number of carbonyl (C=O) groups excluding carboxylic acids is 13. The molecule has 0 bridgehead atoms. The van der Waals surface area contributed by atoms with Gasteiger partial charge in [-0.2, -0.15) is 0 Å². The minimum absolute atomic E-state index is 0.0779. The zero-order chi connectivity index (χ0) is 68.1. The number of amides is 13. The van der Waals surface area contributed by atoms with Crippen LogP contribution in [0.15, 0.2) is 25.0 Å². The van der Waals surface area contributed by atoms with Crippen LogP contribution in [0.2, 0.25) is 0 Å². The lowest BCUT2D eigenvalue weighted by Crippen LogP contribution is -2.61. The molecule has 37 nitrogen and oxygen atoms in total. The van der Waals surface area contributed by atoms with E-state index in [0.29, 0.717) is 11.4 Å². The first-order chi connectivity index (χ1) is 42.2. The Bertz CT molecular complexity index is 2820. The molecule has 2 heterocycles. The van der Waals surface area contributed by atoms with Crippen LogP contribution in [0.25, 0.3) is 0 Å². The van der Waals surface area contributed by atoms with E-state index in [1.807, 2.05) is 5.32 Å². The van der Waals surface area contributed by atoms with Gasteiger partial charge in [-0.25, -0.2) is 14.8 Å². The summed E-state index contributed by atoms with van der Waals surface area (Å²) in [6, 6.07) is -17.4. The molecule has 0 aliphatic heterocycles. The quantitative estimate of drug-likeness (QED) is 0.0294. The molecule has 0 saturated carbocycles. The number of hydrogen-bond donors (Lipinski definition) is 20. The SMILES string of the molecule is CC[C@H](C)[C@H](NC(=O)[C@H](Cc1cnc[nH]1)NC(=O)[C@H](Cc1cnc[nH]1)NC(=O)CNC(=O)[C@H](CC(C)C)NC(=O)[C@H](CO)NC(=O)[C@H](CCC(N)=O)NC(=O)[C@H](CO)NC(=O)[C@@H](N)C(C)C)C(=O)N[C@@H](C)C(=O)N[C@@H](CC(N)=O)C(=O)N[C@@H](CC(=O)O)C(=O)O. The molecular formula is C53H84N18O19. The van der Waals surface area contributed by atoms with Gasteiger partial charge in [0.15, 0.2) is 0 Å². The van der Waals surface area contributed by atoms with Gasteiger partial charge in [-0.1, -0.05) is 48.0 Å². The molecule has 2 aromatic rings. The van der Waals surface area contributed by atoms with E-state index in [0.717, 1.165) is 0 Å². The Morgan fingerprint density at radius 1 is 0.511 bits per heavy atom. The van der Waals surface area contributed by atoms with E-state index in [4.69, 9.17) is 22.3 Å². The van der Waals surface area contributed by atoms with Gasteiger partial charge in [0.1, 0.15) is 60.4 Å². The lowest BCUT2D eigenvalue weighted by molar-refractivity contribution is -0.147. The number of aromatic amines is 2. The smallest absolute Gasteiger partial charge is 0.326 e. The fraction of sp³-hybridized carbons (Fsp3) is 0.604. The van der Waals surface area contributed by atoms with Crippen molar-refractivity contribution in [1.29, 1.82) is 0 Å². The van der Waals surface area contributed by atoms with E-state index in [1.165, 1.54) is 32.0 Å². The Morgan fingerprint density at radius 3 is 1.43 bits per heavy atom. The highest BCUT2D eigenvalue weighted by Gasteiger charge is 2.37. The number of carboxylic acids is 2. The molecule has 0 spiro atoms. The summed E-state index contributed by atoms with van der Waals surface area (Å²) in [5.41, 5.74) is 17.0. The first kappa shape index (κ1) is 76.4. The maximum absolute atomic E-state index is 14.3. The summed E-state index contributed by atoms with van der Waals surface area (Å²) in [6.07, 6.45) is 1.98. The average Bonchev–Trinajstić information content (AvgIpc) is 1.56. The lowest BCUT2D eigenvalue weighted by Gasteiger charge is -2.28. The summed E-state index contributed by atoms with van der Waals surface area (Å²) in [6.45, 7) is 8.23. The number of aliphatic carboxylic acids is 2. The number of primary amides is 2. The standard InChI is InChI=1S/C53H84N18O19/c1-8-25(6)42(52(88)62-26(7)43(79)65-33(14-38(55)75)47(83)68-34(53(89)90)15-40(77)78)71-48(84)32(13-28-17-58-22-61-28)67-46(82)31(12-27-16-57-21-60-27)63-39(76)18-59-44(80)30(11-23(2)3)66-50(86)35(19-72)69-45(81)29(9-10-37(54)74)64-49(85)36(20-73)70-51(87)41(56)24(4)5/h16-17,21-26,29-36,41-42,72-73H,8-15,18-20,56H2,1-7H3,(H2,54,74)(H2,55,75)(H,57,60)(H,58,61)(H,59,80)(H,62,88)(H,63,76)(H,64,85)(H,65,79)(H,66,86)(H,67,82)(H,68,83)(H,69,81)(H,70,87)(H,71,84)(H,77,78)(H,89,90)/t25-,26-,29-,30-,31-,32-,33-,34-,35-,36-,41-,42-/m0/s1. The van der Waals surface area contributed by atoms with Gasteiger partial charge in [-0.15, -0.1) is 0 Å². The molecule has 0 saturated heterocycles. The van der Waals surface area contributed by atoms with Crippen molar-refractivity contribution in [3.63, 3.8) is 0 Å². The van der Waals surface area contributed by atoms with Crippen molar-refractivity contribution < 1.29 is 92.3 Å². The fourth-order valence-electron chi connectivity index (χ4n) is 8.17. The van der Waals surface area contributed by atoms with Crippen molar-refractivity contribution in [2.24, 2.45) is 35.0 Å². The Balaban J connectivity index is 2.33. The Morgan fingerprint density at radius 2 is 0.967 bits per heavy atom. The van der Waals surface area contributed by atoms with Gasteiger partial charge in [-0.3, -0.25) is 67.1 Å². The molecule has 12 atom stereocenters. The topological polar surface area (TPSA) is 605 Å². The predicted molar refractivity (Wildman–Crippen MR) is 311 cm³/mol. The highest BCUT2D eigenvalue weighted by molar-refractivity contribution is 6.00. The first-order valence-corrected chi connectivity index (χ1v) is 28.4. The molecule has 90 heavy (non-hydrogen) atoms. The molecule has 2 rings (SSSR count). The molecule has 0 aromatic carbocycles. The number of aliphatic hydroxyl groups excluding tert-OH is 2. The molecule has 0 fully saturated rings. The number of hydrogen-bond acceptors (Lipinski definition) is 20. The van der Waals surface area contributed by atoms with Crippen molar-refractivity contribution in [2.45, 2.75) is 166 Å². The zero-order valence-electron chi connectivity index (χ0n) is 50.7. The summed E-state index contributed by atoms with van der Waals surface area (Å²) in [7, 11) is 0. The molecular weight excluding hydrogens is 1190 g/mol. The molecule has 500 valence electrons. The summed E-state index contributed by atoms with van der Waals surface area (Å²) < 4.78 is 0. The third-order valence-electron chi connectivity index (χ3n) is 13.5. The van der Waals surface area contributed by atoms with Gasteiger partial charge in [0.25, 0.3) is 0 Å². The summed E-state index contributed by atoms with van der Waals surface area (Å²) >= 11 is 0. The van der Waals surface area contributed by atoms with Crippen molar-refractivity contribution in [1.82, 2.24) is 78.4 Å². The maximum atomic E-state index is 14.3. The Labute approximate surface area is 515 Å². The maximum Gasteiger partial charge on any atom is 0.326 e. The van der Waals surface area contributed by atoms with Crippen molar-refractivity contribution >= 4 is 88.7 Å². The van der Waals surface area contributed by atoms with Gasteiger partial charge in [0, 0.05) is 43.0 Å². The van der Waals surface area contributed by atoms with Crippen molar-refractivity contribution in [3.8, 4) is 0 Å². The van der Waals surface area contributed by atoms with Crippen LogP contribution < -0.4 is 75.7 Å². The second kappa shape index (κ2) is 37.9. The second-order valence-electron chi connectivity index (χ2n) is 21.8. The number of nitrogens with two attached hydrogens (primary N) is 3. The van der Waals surface area contributed by atoms with Crippen LogP contribution in [-0.4, -0.2) is 215 Å². The molecule has 0 radical (unpaired) electrons. The van der Waals surface area contributed by atoms with E-state index in [-0.39, 0.29) is 37.5 Å². The molecule has 0 aliphatic carbocycles. The number of imidazole rings is 2. The summed E-state index contributed by atoms with van der Waals surface area (Å²) in [5, 5.41) is 64.2. The first-order valence-electron chi connectivity index (χ1n) is 28.4. The zero-order valence-corrected chi connectivity index (χ0v) is 50.7. The van der Waals surface area contributed by atoms with Gasteiger partial charge in [0.2, 0.25) is 76.8 Å². The lowest BCUT2D eigenvalue weighted by atomic mass is 9.97. The second-order valence-corrected chi connectivity index (χ2v) is 21.8. The number of carbonyl (C=O) groups is 15. The number of nitrogens with one attached hydrogen (secondary N) is 13. The minimum atomic E-state index is -1.96. The minimum Gasteiger partial charge on any atom is -0.481 e. The highest BCUT2D eigenvalue weighted by atomic mass is 16.4. The third-order valence-corrected chi connectivity index (χ3v) is 13.5. The normalized spacial score (nSPS) is 15.1. The average molecular weight is 1280 g/mol. The number of aliphatic hydroxyl groups is 2. The van der Waals surface area contributed by atoms with E-state index in [1.54, 1.807) is 41.5 Å². The molecule has 13 amide bonds. The monoisotopic (exact) mass is 1280 g/mol. The van der Waals surface area contributed by atoms with Gasteiger partial charge >= 0.3 is 11.9 Å². The van der Waals surface area contributed by atoms with Crippen LogP contribution in [0.1, 0.15) is 98.4 Å². The third kappa shape index (κ3) is 26.8. The van der Waals surface area contributed by atoms with Gasteiger partial charge < -0.3 is 106 Å². The summed E-state index contributed by atoms with van der Waals surface area (Å²) in [5.74, 6) is -18.0. The van der Waals surface area contributed by atoms with E-state index in [2.05, 4.69) is 73.1 Å². The van der Waals surface area contributed by atoms with Crippen molar-refractivity contribution in [2.75, 3.05) is 19.8 Å². The number of aromatic nitrogens is 4. The predicted octanol–water partition coefficient (Wildman–Crippen LogP) is -8.34. The van der Waals surface area contributed by atoms with E-state index in [9.17, 15) is 87.2 Å². The number of H-pyrrole nitrogens is 2. The molecule has 23 N–H and O–H groups in total. The van der Waals surface area contributed by atoms with Crippen LogP contribution in [0, 0.1) is 17.8 Å². The van der Waals surface area contributed by atoms with Gasteiger partial charge in [-0.05, 0) is 37.5 Å². The van der Waals surface area contributed by atoms with Crippen LogP contribution in [0.3, 0.4) is 0 Å². The van der Waals surface area contributed by atoms with Crippen LogP contribution in [-0.2, 0) is 84.8 Å². The molecule has 0 aliphatic rings. The van der Waals surface area contributed by atoms with Crippen LogP contribution in [0.4, 0.5) is 0 Å². The van der Waals surface area contributed by atoms with Crippen LogP contribution in [0.5, 0.6) is 0 Å². The number of nitrogens with zero attached hydrogens (tertiary/aromatic N) is 2. The van der Waals surface area contributed by atoms with E-state index >= 15 is 0 Å². The largest absolute Gasteiger partial charge is 0.481 e. The van der Waals surface area contributed by atoms with Crippen molar-refractivity contribution in [3.05, 3.63) is 36.4 Å². The number of carboxylic acid groups (broad SMARTS) is 2.